The third-order valence-corrected chi connectivity index (χ3v) is 4.11. The van der Waals surface area contributed by atoms with E-state index in [1.54, 1.807) is 12.4 Å². The highest BCUT2D eigenvalue weighted by Gasteiger charge is 2.33. The zero-order valence-electron chi connectivity index (χ0n) is 10.7. The molecular weight excluding hydrogens is 265 g/mol. The van der Waals surface area contributed by atoms with E-state index in [9.17, 15) is 4.39 Å². The molecule has 1 aromatic heterocycles. The molecule has 19 heavy (non-hydrogen) atoms. The predicted molar refractivity (Wildman–Crippen MR) is 73.4 cm³/mol. The molecule has 0 bridgehead atoms. The van der Waals surface area contributed by atoms with E-state index in [1.807, 2.05) is 10.8 Å². The molecule has 1 unspecified atom stereocenters. The molecule has 3 rings (SSSR count). The van der Waals surface area contributed by atoms with Crippen molar-refractivity contribution < 1.29 is 4.39 Å². The number of aromatic nitrogens is 2. The molecular formula is C14H15ClFN3. The van der Waals surface area contributed by atoms with E-state index in [-0.39, 0.29) is 11.2 Å². The van der Waals surface area contributed by atoms with E-state index >= 15 is 0 Å². The van der Waals surface area contributed by atoms with Crippen molar-refractivity contribution >= 4 is 11.6 Å². The molecule has 0 saturated carbocycles. The number of imidazole rings is 1. The van der Waals surface area contributed by atoms with Crippen LogP contribution in [0.4, 0.5) is 4.39 Å². The molecule has 0 radical (unpaired) electrons. The second-order valence-electron chi connectivity index (χ2n) is 5.23. The maximum Gasteiger partial charge on any atom is 0.125 e. The molecule has 1 saturated heterocycles. The van der Waals surface area contributed by atoms with Crippen LogP contribution in [-0.2, 0) is 5.41 Å². The van der Waals surface area contributed by atoms with Crippen molar-refractivity contribution in [3.05, 3.63) is 47.3 Å². The molecule has 3 nitrogen and oxygen atoms in total. The van der Waals surface area contributed by atoms with Crippen LogP contribution >= 0.6 is 11.6 Å². The first-order valence-corrected chi connectivity index (χ1v) is 6.67. The predicted octanol–water partition coefficient (Wildman–Crippen LogP) is 2.92. The summed E-state index contributed by atoms with van der Waals surface area (Å²) in [6.07, 6.45) is 4.57. The summed E-state index contributed by atoms with van der Waals surface area (Å²) in [5.74, 6) is -0.297. The Hall–Kier alpha value is -1.39. The number of rotatable bonds is 2. The summed E-state index contributed by atoms with van der Waals surface area (Å²) in [6, 6.07) is 4.38. The lowest BCUT2D eigenvalue weighted by Gasteiger charge is -2.24. The summed E-state index contributed by atoms with van der Waals surface area (Å²) in [5.41, 5.74) is 1.71. The molecule has 1 aliphatic rings. The SMILES string of the molecule is CC1(c2cncn2-c2cc(F)ccc2Cl)CCNC1. The second-order valence-corrected chi connectivity index (χ2v) is 5.64. The number of hydrogen-bond donors (Lipinski definition) is 1. The van der Waals surface area contributed by atoms with Crippen LogP contribution < -0.4 is 5.32 Å². The maximum absolute atomic E-state index is 13.4. The minimum atomic E-state index is -0.297. The molecule has 0 aliphatic carbocycles. The number of nitrogens with one attached hydrogen (secondary N) is 1. The van der Waals surface area contributed by atoms with Gasteiger partial charge in [0.15, 0.2) is 0 Å². The van der Waals surface area contributed by atoms with Crippen molar-refractivity contribution in [1.82, 2.24) is 14.9 Å². The second kappa shape index (κ2) is 4.62. The number of nitrogens with zero attached hydrogens (tertiary/aromatic N) is 2. The molecule has 0 spiro atoms. The van der Waals surface area contributed by atoms with Crippen molar-refractivity contribution in [2.75, 3.05) is 13.1 Å². The zero-order chi connectivity index (χ0) is 13.5. The van der Waals surface area contributed by atoms with Gasteiger partial charge in [0, 0.05) is 23.9 Å². The Labute approximate surface area is 116 Å². The van der Waals surface area contributed by atoms with Crippen LogP contribution in [0.25, 0.3) is 5.69 Å². The molecule has 2 aromatic rings. The molecule has 5 heteroatoms. The standard InChI is InChI=1S/C14H15ClFN3/c1-14(4-5-17-8-14)13-7-18-9-19(13)12-6-10(16)2-3-11(12)15/h2-3,6-7,9,17H,4-5,8H2,1H3. The fourth-order valence-electron chi connectivity index (χ4n) is 2.64. The fraction of sp³-hybridized carbons (Fsp3) is 0.357. The van der Waals surface area contributed by atoms with Crippen molar-refractivity contribution in [3.8, 4) is 5.69 Å². The third kappa shape index (κ3) is 2.15. The number of hydrogen-bond acceptors (Lipinski definition) is 2. The molecule has 1 atom stereocenters. The summed E-state index contributed by atoms with van der Waals surface area (Å²) in [4.78, 5) is 4.21. The van der Waals surface area contributed by atoms with Crippen LogP contribution in [0.2, 0.25) is 5.02 Å². The van der Waals surface area contributed by atoms with Gasteiger partial charge in [0.2, 0.25) is 0 Å². The van der Waals surface area contributed by atoms with E-state index in [1.165, 1.54) is 12.1 Å². The summed E-state index contributed by atoms with van der Waals surface area (Å²) >= 11 is 6.18. The Kier molecular flexibility index (Phi) is 3.07. The summed E-state index contributed by atoms with van der Waals surface area (Å²) in [5, 5.41) is 3.88. The largest absolute Gasteiger partial charge is 0.316 e. The molecule has 1 aliphatic heterocycles. The van der Waals surface area contributed by atoms with Gasteiger partial charge in [-0.05, 0) is 31.2 Å². The fourth-order valence-corrected chi connectivity index (χ4v) is 2.85. The lowest BCUT2D eigenvalue weighted by Crippen LogP contribution is -2.27. The quantitative estimate of drug-likeness (QED) is 0.916. The van der Waals surface area contributed by atoms with E-state index < -0.39 is 0 Å². The maximum atomic E-state index is 13.4. The number of benzene rings is 1. The topological polar surface area (TPSA) is 29.9 Å². The van der Waals surface area contributed by atoms with Crippen molar-refractivity contribution in [2.45, 2.75) is 18.8 Å². The normalized spacial score (nSPS) is 22.9. The Morgan fingerprint density at radius 3 is 3.05 bits per heavy atom. The summed E-state index contributed by atoms with van der Waals surface area (Å²) in [7, 11) is 0. The number of halogens is 2. The Balaban J connectivity index is 2.12. The van der Waals surface area contributed by atoms with Gasteiger partial charge in [-0.1, -0.05) is 18.5 Å². The third-order valence-electron chi connectivity index (χ3n) is 3.79. The lowest BCUT2D eigenvalue weighted by atomic mass is 9.86. The van der Waals surface area contributed by atoms with Crippen LogP contribution in [0, 0.1) is 5.82 Å². The Morgan fingerprint density at radius 1 is 1.47 bits per heavy atom. The highest BCUT2D eigenvalue weighted by atomic mass is 35.5. The molecule has 1 aromatic carbocycles. The first-order chi connectivity index (χ1) is 9.10. The van der Waals surface area contributed by atoms with Gasteiger partial charge in [-0.15, -0.1) is 0 Å². The average molecular weight is 280 g/mol. The van der Waals surface area contributed by atoms with Gasteiger partial charge in [0.25, 0.3) is 0 Å². The summed E-state index contributed by atoms with van der Waals surface area (Å²) in [6.45, 7) is 4.07. The first kappa shape index (κ1) is 12.6. The van der Waals surface area contributed by atoms with E-state index in [2.05, 4.69) is 17.2 Å². The van der Waals surface area contributed by atoms with Crippen molar-refractivity contribution in [3.63, 3.8) is 0 Å². The van der Waals surface area contributed by atoms with Gasteiger partial charge in [-0.2, -0.15) is 0 Å². The van der Waals surface area contributed by atoms with Gasteiger partial charge in [0.05, 0.1) is 17.0 Å². The van der Waals surface area contributed by atoms with Gasteiger partial charge in [-0.25, -0.2) is 9.37 Å². The van der Waals surface area contributed by atoms with Crippen LogP contribution in [0.3, 0.4) is 0 Å². The molecule has 1 fully saturated rings. The lowest BCUT2D eigenvalue weighted by molar-refractivity contribution is 0.498. The van der Waals surface area contributed by atoms with E-state index in [0.29, 0.717) is 10.7 Å². The highest BCUT2D eigenvalue weighted by Crippen LogP contribution is 2.33. The van der Waals surface area contributed by atoms with Crippen LogP contribution in [0.15, 0.2) is 30.7 Å². The average Bonchev–Trinajstić information content (AvgIpc) is 3.01. The van der Waals surface area contributed by atoms with Crippen LogP contribution in [-0.4, -0.2) is 22.6 Å². The van der Waals surface area contributed by atoms with Gasteiger partial charge in [0.1, 0.15) is 5.82 Å². The highest BCUT2D eigenvalue weighted by molar-refractivity contribution is 6.32. The zero-order valence-corrected chi connectivity index (χ0v) is 11.4. The van der Waals surface area contributed by atoms with Crippen LogP contribution in [0.5, 0.6) is 0 Å². The minimum Gasteiger partial charge on any atom is -0.316 e. The monoisotopic (exact) mass is 279 g/mol. The molecule has 100 valence electrons. The Morgan fingerprint density at radius 2 is 2.32 bits per heavy atom. The van der Waals surface area contributed by atoms with Crippen molar-refractivity contribution in [1.29, 1.82) is 0 Å². The van der Waals surface area contributed by atoms with E-state index in [4.69, 9.17) is 11.6 Å². The van der Waals surface area contributed by atoms with Crippen LogP contribution in [0.1, 0.15) is 19.0 Å². The Bertz CT molecular complexity index is 602. The van der Waals surface area contributed by atoms with Gasteiger partial charge < -0.3 is 9.88 Å². The first-order valence-electron chi connectivity index (χ1n) is 6.29. The molecule has 2 heterocycles. The summed E-state index contributed by atoms with van der Waals surface area (Å²) < 4.78 is 15.3. The minimum absolute atomic E-state index is 0.00610. The van der Waals surface area contributed by atoms with E-state index in [0.717, 1.165) is 25.2 Å². The smallest absolute Gasteiger partial charge is 0.125 e. The van der Waals surface area contributed by atoms with Crippen molar-refractivity contribution in [2.24, 2.45) is 0 Å². The van der Waals surface area contributed by atoms with Gasteiger partial charge in [-0.3, -0.25) is 0 Å². The molecule has 0 amide bonds. The van der Waals surface area contributed by atoms with Gasteiger partial charge >= 0.3 is 0 Å². The molecule has 1 N–H and O–H groups in total.